The molecule has 1 aliphatic rings. The molecule has 0 spiro atoms. The normalized spacial score (nSPS) is 16.1. The van der Waals surface area contributed by atoms with Crippen molar-refractivity contribution >= 4 is 16.7 Å². The fourth-order valence-corrected chi connectivity index (χ4v) is 3.21. The summed E-state index contributed by atoms with van der Waals surface area (Å²) < 4.78 is 0. The number of hydrogen-bond donors (Lipinski definition) is 4. The van der Waals surface area contributed by atoms with Crippen LogP contribution in [0.2, 0.25) is 0 Å². The monoisotopic (exact) mass is 360 g/mol. The van der Waals surface area contributed by atoms with E-state index in [2.05, 4.69) is 27.5 Å². The standard InChI is InChI=1S/C21H20N4O2/c26-11-3-4-14-7-8-16-18(12-14)24-21(17-5-1-2-6-19(17)27)25-20(16)23-15-9-10-22-13-15/h1-2,5-8,12,15,22,26-27H,9-11,13H2,(H,23,24,25)/t15-/m0/s1. The van der Waals surface area contributed by atoms with E-state index in [0.717, 1.165) is 41.8 Å². The number of hydrogen-bond acceptors (Lipinski definition) is 6. The SMILES string of the molecule is OCC#Cc1ccc2c(N[C@H]3CCNC3)nc(-c3ccccc3O)nc2c1. The van der Waals surface area contributed by atoms with Crippen LogP contribution >= 0.6 is 0 Å². The molecule has 136 valence electrons. The van der Waals surface area contributed by atoms with Gasteiger partial charge in [-0.05, 0) is 43.3 Å². The highest BCUT2D eigenvalue weighted by Crippen LogP contribution is 2.30. The zero-order valence-corrected chi connectivity index (χ0v) is 14.7. The van der Waals surface area contributed by atoms with Gasteiger partial charge >= 0.3 is 0 Å². The van der Waals surface area contributed by atoms with Crippen LogP contribution in [0.25, 0.3) is 22.3 Å². The minimum absolute atomic E-state index is 0.140. The summed E-state index contributed by atoms with van der Waals surface area (Å²) in [5, 5.41) is 26.9. The minimum atomic E-state index is -0.188. The second-order valence-corrected chi connectivity index (χ2v) is 6.44. The van der Waals surface area contributed by atoms with Crippen LogP contribution in [0.4, 0.5) is 5.82 Å². The molecule has 27 heavy (non-hydrogen) atoms. The van der Waals surface area contributed by atoms with Crippen molar-refractivity contribution in [3.05, 3.63) is 48.0 Å². The zero-order valence-electron chi connectivity index (χ0n) is 14.7. The van der Waals surface area contributed by atoms with Crippen molar-refractivity contribution in [1.82, 2.24) is 15.3 Å². The van der Waals surface area contributed by atoms with Crippen molar-refractivity contribution in [2.45, 2.75) is 12.5 Å². The van der Waals surface area contributed by atoms with Gasteiger partial charge < -0.3 is 20.8 Å². The molecule has 0 radical (unpaired) electrons. The second-order valence-electron chi connectivity index (χ2n) is 6.44. The first-order chi connectivity index (χ1) is 13.2. The number of aliphatic hydroxyl groups excluding tert-OH is 1. The fraction of sp³-hybridized carbons (Fsp3) is 0.238. The van der Waals surface area contributed by atoms with Crippen molar-refractivity contribution in [1.29, 1.82) is 0 Å². The van der Waals surface area contributed by atoms with Crippen LogP contribution in [0.1, 0.15) is 12.0 Å². The highest BCUT2D eigenvalue weighted by Gasteiger charge is 2.18. The Labute approximate surface area is 157 Å². The zero-order chi connectivity index (χ0) is 18.6. The molecule has 0 unspecified atom stereocenters. The average Bonchev–Trinajstić information content (AvgIpc) is 3.19. The van der Waals surface area contributed by atoms with Gasteiger partial charge in [0.15, 0.2) is 5.82 Å². The van der Waals surface area contributed by atoms with Gasteiger partial charge in [0.25, 0.3) is 0 Å². The van der Waals surface area contributed by atoms with E-state index < -0.39 is 0 Å². The van der Waals surface area contributed by atoms with Crippen LogP contribution in [-0.4, -0.2) is 45.9 Å². The molecule has 4 rings (SSSR count). The molecule has 6 heteroatoms. The second kappa shape index (κ2) is 7.62. The minimum Gasteiger partial charge on any atom is -0.507 e. The maximum Gasteiger partial charge on any atom is 0.165 e. The van der Waals surface area contributed by atoms with Crippen LogP contribution in [0, 0.1) is 11.8 Å². The maximum absolute atomic E-state index is 10.2. The van der Waals surface area contributed by atoms with Crippen LogP contribution in [0.3, 0.4) is 0 Å². The fourth-order valence-electron chi connectivity index (χ4n) is 3.21. The lowest BCUT2D eigenvalue weighted by Crippen LogP contribution is -2.23. The first-order valence-corrected chi connectivity index (χ1v) is 8.92. The van der Waals surface area contributed by atoms with Gasteiger partial charge in [0, 0.05) is 23.5 Å². The van der Waals surface area contributed by atoms with Crippen molar-refractivity contribution in [3.63, 3.8) is 0 Å². The number of aromatic nitrogens is 2. The highest BCUT2D eigenvalue weighted by atomic mass is 16.3. The lowest BCUT2D eigenvalue weighted by Gasteiger charge is -2.15. The third kappa shape index (κ3) is 3.70. The van der Waals surface area contributed by atoms with Crippen LogP contribution in [0.5, 0.6) is 5.75 Å². The third-order valence-corrected chi connectivity index (χ3v) is 4.55. The summed E-state index contributed by atoms with van der Waals surface area (Å²) in [6, 6.07) is 13.1. The van der Waals surface area contributed by atoms with E-state index in [9.17, 15) is 5.11 Å². The van der Waals surface area contributed by atoms with Crippen LogP contribution in [-0.2, 0) is 0 Å². The molecule has 1 aliphatic heterocycles. The van der Waals surface area contributed by atoms with E-state index >= 15 is 0 Å². The van der Waals surface area contributed by atoms with E-state index in [-0.39, 0.29) is 12.4 Å². The van der Waals surface area contributed by atoms with E-state index in [0.29, 0.717) is 17.4 Å². The number of anilines is 1. The van der Waals surface area contributed by atoms with E-state index in [4.69, 9.17) is 10.1 Å². The van der Waals surface area contributed by atoms with Crippen molar-refractivity contribution in [3.8, 4) is 29.0 Å². The Morgan fingerprint density at radius 2 is 2.07 bits per heavy atom. The van der Waals surface area contributed by atoms with Gasteiger partial charge in [-0.25, -0.2) is 9.97 Å². The smallest absolute Gasteiger partial charge is 0.165 e. The molecule has 3 aromatic rings. The Morgan fingerprint density at radius 1 is 1.19 bits per heavy atom. The maximum atomic E-state index is 10.2. The quantitative estimate of drug-likeness (QED) is 0.535. The molecule has 1 aromatic heterocycles. The number of para-hydroxylation sites is 1. The molecule has 0 amide bonds. The molecule has 2 aromatic carbocycles. The summed E-state index contributed by atoms with van der Waals surface area (Å²) >= 11 is 0. The largest absolute Gasteiger partial charge is 0.507 e. The van der Waals surface area contributed by atoms with Crippen LogP contribution in [0.15, 0.2) is 42.5 Å². The van der Waals surface area contributed by atoms with Crippen molar-refractivity contribution in [2.75, 3.05) is 25.0 Å². The Kier molecular flexibility index (Phi) is 4.88. The summed E-state index contributed by atoms with van der Waals surface area (Å²) in [6.07, 6.45) is 1.03. The van der Waals surface area contributed by atoms with E-state index in [1.165, 1.54) is 0 Å². The highest BCUT2D eigenvalue weighted by molar-refractivity contribution is 5.92. The molecular weight excluding hydrogens is 340 g/mol. The van der Waals surface area contributed by atoms with Gasteiger partial charge in [-0.2, -0.15) is 0 Å². The number of nitrogens with one attached hydrogen (secondary N) is 2. The lowest BCUT2D eigenvalue weighted by atomic mass is 10.1. The Balaban J connectivity index is 1.86. The van der Waals surface area contributed by atoms with E-state index in [1.807, 2.05) is 24.3 Å². The third-order valence-electron chi connectivity index (χ3n) is 4.55. The summed E-state index contributed by atoms with van der Waals surface area (Å²) in [7, 11) is 0. The average molecular weight is 360 g/mol. The predicted molar refractivity (Wildman–Crippen MR) is 106 cm³/mol. The number of benzene rings is 2. The summed E-state index contributed by atoms with van der Waals surface area (Å²) in [6.45, 7) is 1.68. The van der Waals surface area contributed by atoms with Crippen LogP contribution < -0.4 is 10.6 Å². The first-order valence-electron chi connectivity index (χ1n) is 8.92. The molecule has 0 bridgehead atoms. The molecule has 1 saturated heterocycles. The van der Waals surface area contributed by atoms with Gasteiger partial charge in [0.05, 0.1) is 11.1 Å². The Morgan fingerprint density at radius 3 is 2.85 bits per heavy atom. The summed E-state index contributed by atoms with van der Waals surface area (Å²) in [5.74, 6) is 6.91. The Bertz CT molecular complexity index is 1030. The number of nitrogens with zero attached hydrogens (tertiary/aromatic N) is 2. The van der Waals surface area contributed by atoms with Gasteiger partial charge in [-0.1, -0.05) is 24.0 Å². The van der Waals surface area contributed by atoms with Gasteiger partial charge in [-0.3, -0.25) is 0 Å². The molecule has 0 aliphatic carbocycles. The number of fused-ring (bicyclic) bond motifs is 1. The topological polar surface area (TPSA) is 90.3 Å². The number of phenols is 1. The first kappa shape index (κ1) is 17.3. The number of rotatable bonds is 3. The number of phenolic OH excluding ortho intramolecular Hbond substituents is 1. The number of aliphatic hydroxyl groups is 1. The van der Waals surface area contributed by atoms with Gasteiger partial charge in [-0.15, -0.1) is 0 Å². The molecule has 4 N–H and O–H groups in total. The summed E-state index contributed by atoms with van der Waals surface area (Å²) in [4.78, 5) is 9.35. The molecule has 1 fully saturated rings. The predicted octanol–water partition coefficient (Wildman–Crippen LogP) is 2.12. The molecule has 2 heterocycles. The lowest BCUT2D eigenvalue weighted by molar-refractivity contribution is 0.350. The molecular formula is C21H20N4O2. The Hall–Kier alpha value is -3.14. The molecule has 6 nitrogen and oxygen atoms in total. The molecule has 0 saturated carbocycles. The van der Waals surface area contributed by atoms with Crippen molar-refractivity contribution in [2.24, 2.45) is 0 Å². The van der Waals surface area contributed by atoms with Crippen molar-refractivity contribution < 1.29 is 10.2 Å². The van der Waals surface area contributed by atoms with Gasteiger partial charge in [0.2, 0.25) is 0 Å². The summed E-state index contributed by atoms with van der Waals surface area (Å²) in [5.41, 5.74) is 2.09. The number of aromatic hydroxyl groups is 1. The van der Waals surface area contributed by atoms with E-state index in [1.54, 1.807) is 18.2 Å². The molecule has 1 atom stereocenters. The van der Waals surface area contributed by atoms with Gasteiger partial charge in [0.1, 0.15) is 18.2 Å².